The summed E-state index contributed by atoms with van der Waals surface area (Å²) in [6, 6.07) is 2.41. The number of ether oxygens (including phenoxy) is 1. The molecule has 0 spiro atoms. The average molecular weight is 374 g/mol. The van der Waals surface area contributed by atoms with Gasteiger partial charge in [-0.3, -0.25) is 4.90 Å². The van der Waals surface area contributed by atoms with Gasteiger partial charge in [0.1, 0.15) is 10.7 Å². The van der Waals surface area contributed by atoms with Gasteiger partial charge in [0.15, 0.2) is 0 Å². The highest BCUT2D eigenvalue weighted by molar-refractivity contribution is 7.18. The molecule has 0 N–H and O–H groups in total. The molecule has 0 amide bonds. The first-order valence-corrected chi connectivity index (χ1v) is 10.9. The van der Waals surface area contributed by atoms with Gasteiger partial charge < -0.3 is 4.74 Å². The molecule has 0 bridgehead atoms. The summed E-state index contributed by atoms with van der Waals surface area (Å²) in [6.07, 6.45) is 6.30. The Morgan fingerprint density at radius 2 is 1.92 bits per heavy atom. The van der Waals surface area contributed by atoms with Crippen molar-refractivity contribution in [3.63, 3.8) is 0 Å². The van der Waals surface area contributed by atoms with Crippen LogP contribution in [-0.4, -0.2) is 47.7 Å². The van der Waals surface area contributed by atoms with Gasteiger partial charge in [-0.15, -0.1) is 11.3 Å². The normalized spacial score (nSPS) is 22.1. The number of aromatic nitrogens is 2. The molecular weight excluding hydrogens is 342 g/mol. The third-order valence-electron chi connectivity index (χ3n) is 6.11. The number of hydrogen-bond donors (Lipinski definition) is 0. The third-order valence-corrected chi connectivity index (χ3v) is 7.30. The molecule has 1 saturated heterocycles. The van der Waals surface area contributed by atoms with Crippen molar-refractivity contribution >= 4 is 21.6 Å². The van der Waals surface area contributed by atoms with Gasteiger partial charge in [0.2, 0.25) is 0 Å². The number of nitrogens with zero attached hydrogens (tertiary/aromatic N) is 3. The fourth-order valence-corrected chi connectivity index (χ4v) is 5.55. The van der Waals surface area contributed by atoms with Gasteiger partial charge in [-0.1, -0.05) is 13.8 Å². The zero-order valence-corrected chi connectivity index (χ0v) is 17.2. The maximum absolute atomic E-state index is 5.46. The number of hydrogen-bond acceptors (Lipinski definition) is 5. The Bertz CT molecular complexity index is 754. The number of rotatable bonds is 4. The number of fused-ring (bicyclic) bond motifs is 1. The fourth-order valence-electron chi connectivity index (χ4n) is 4.28. The second-order valence-electron chi connectivity index (χ2n) is 8.73. The standard InChI is InChI=1S/C21H31N3OS/c1-15-22-18(6-9-24-10-12-25-13-11-24)17-14-19(26-20(17)23-15)16-4-7-21(2,3)8-5-16/h14,16H,4-13H2,1-3H3. The molecule has 142 valence electrons. The molecule has 0 unspecified atom stereocenters. The van der Waals surface area contributed by atoms with Gasteiger partial charge in [0, 0.05) is 36.3 Å². The summed E-state index contributed by atoms with van der Waals surface area (Å²) in [5.74, 6) is 1.63. The highest BCUT2D eigenvalue weighted by Crippen LogP contribution is 2.45. The Balaban J connectivity index is 1.53. The van der Waals surface area contributed by atoms with E-state index in [1.54, 1.807) is 0 Å². The molecular formula is C21H31N3OS. The third kappa shape index (κ3) is 4.10. The Kier molecular flexibility index (Phi) is 5.31. The second kappa shape index (κ2) is 7.53. The van der Waals surface area contributed by atoms with Crippen molar-refractivity contribution in [3.05, 3.63) is 22.5 Å². The molecule has 2 aromatic heterocycles. The van der Waals surface area contributed by atoms with E-state index in [9.17, 15) is 0 Å². The molecule has 0 aromatic carbocycles. The fraction of sp³-hybridized carbons (Fsp3) is 0.714. The SMILES string of the molecule is Cc1nc(CCN2CCOCC2)c2cc(C3CCC(C)(C)CC3)sc2n1. The van der Waals surface area contributed by atoms with Crippen LogP contribution < -0.4 is 0 Å². The summed E-state index contributed by atoms with van der Waals surface area (Å²) >= 11 is 1.91. The highest BCUT2D eigenvalue weighted by Gasteiger charge is 2.29. The summed E-state index contributed by atoms with van der Waals surface area (Å²) in [7, 11) is 0. The van der Waals surface area contributed by atoms with Gasteiger partial charge in [0.05, 0.1) is 18.9 Å². The van der Waals surface area contributed by atoms with Crippen molar-refractivity contribution in [1.82, 2.24) is 14.9 Å². The number of aryl methyl sites for hydroxylation is 1. The van der Waals surface area contributed by atoms with Crippen LogP contribution in [0.2, 0.25) is 0 Å². The number of morpholine rings is 1. The van der Waals surface area contributed by atoms with Gasteiger partial charge in [-0.25, -0.2) is 9.97 Å². The molecule has 0 radical (unpaired) electrons. The monoisotopic (exact) mass is 373 g/mol. The molecule has 1 aliphatic heterocycles. The van der Waals surface area contributed by atoms with E-state index in [-0.39, 0.29) is 0 Å². The summed E-state index contributed by atoms with van der Waals surface area (Å²) in [5.41, 5.74) is 1.75. The molecule has 4 nitrogen and oxygen atoms in total. The zero-order valence-electron chi connectivity index (χ0n) is 16.4. The van der Waals surface area contributed by atoms with Crippen LogP contribution >= 0.6 is 11.3 Å². The topological polar surface area (TPSA) is 38.2 Å². The van der Waals surface area contributed by atoms with Crippen LogP contribution in [0.1, 0.15) is 61.8 Å². The Labute approximate surface area is 161 Å². The minimum absolute atomic E-state index is 0.521. The van der Waals surface area contributed by atoms with Crippen LogP contribution in [0.3, 0.4) is 0 Å². The number of thiophene rings is 1. The van der Waals surface area contributed by atoms with Crippen molar-refractivity contribution < 1.29 is 4.74 Å². The first kappa shape index (κ1) is 18.3. The highest BCUT2D eigenvalue weighted by atomic mass is 32.1. The van der Waals surface area contributed by atoms with Gasteiger partial charge >= 0.3 is 0 Å². The van der Waals surface area contributed by atoms with Crippen LogP contribution in [0.15, 0.2) is 6.07 Å². The molecule has 0 atom stereocenters. The van der Waals surface area contributed by atoms with Crippen molar-refractivity contribution in [3.8, 4) is 0 Å². The molecule has 3 heterocycles. The van der Waals surface area contributed by atoms with Crippen LogP contribution in [0.25, 0.3) is 10.2 Å². The van der Waals surface area contributed by atoms with Crippen molar-refractivity contribution in [2.45, 2.75) is 58.8 Å². The smallest absolute Gasteiger partial charge is 0.127 e. The van der Waals surface area contributed by atoms with E-state index in [1.807, 2.05) is 18.3 Å². The zero-order chi connectivity index (χ0) is 18.1. The maximum atomic E-state index is 5.46. The van der Waals surface area contributed by atoms with Gasteiger partial charge in [-0.2, -0.15) is 0 Å². The van der Waals surface area contributed by atoms with E-state index < -0.39 is 0 Å². The Morgan fingerprint density at radius 3 is 2.65 bits per heavy atom. The van der Waals surface area contributed by atoms with E-state index in [0.29, 0.717) is 5.41 Å². The van der Waals surface area contributed by atoms with Crippen molar-refractivity contribution in [2.75, 3.05) is 32.8 Å². The lowest BCUT2D eigenvalue weighted by atomic mass is 9.73. The van der Waals surface area contributed by atoms with Crippen LogP contribution in [0.4, 0.5) is 0 Å². The van der Waals surface area contributed by atoms with E-state index in [1.165, 1.54) is 46.5 Å². The predicted molar refractivity (Wildman–Crippen MR) is 108 cm³/mol. The Morgan fingerprint density at radius 1 is 1.19 bits per heavy atom. The van der Waals surface area contributed by atoms with Crippen LogP contribution in [-0.2, 0) is 11.2 Å². The molecule has 4 rings (SSSR count). The molecule has 2 aromatic rings. The summed E-state index contributed by atoms with van der Waals surface area (Å²) in [5, 5.41) is 1.30. The van der Waals surface area contributed by atoms with E-state index >= 15 is 0 Å². The minimum Gasteiger partial charge on any atom is -0.379 e. The van der Waals surface area contributed by atoms with Crippen molar-refractivity contribution in [2.24, 2.45) is 5.41 Å². The quantitative estimate of drug-likeness (QED) is 0.787. The predicted octanol–water partition coefficient (Wildman–Crippen LogP) is 4.56. The van der Waals surface area contributed by atoms with Crippen LogP contribution in [0, 0.1) is 12.3 Å². The van der Waals surface area contributed by atoms with Crippen LogP contribution in [0.5, 0.6) is 0 Å². The van der Waals surface area contributed by atoms with E-state index in [0.717, 1.165) is 51.0 Å². The first-order valence-electron chi connectivity index (χ1n) is 10.1. The summed E-state index contributed by atoms with van der Waals surface area (Å²) < 4.78 is 5.46. The lowest BCUT2D eigenvalue weighted by Gasteiger charge is -2.33. The van der Waals surface area contributed by atoms with Crippen molar-refractivity contribution in [1.29, 1.82) is 0 Å². The molecule has 26 heavy (non-hydrogen) atoms. The lowest BCUT2D eigenvalue weighted by molar-refractivity contribution is 0.0384. The van der Waals surface area contributed by atoms with Gasteiger partial charge in [0.25, 0.3) is 0 Å². The molecule has 2 fully saturated rings. The minimum atomic E-state index is 0.521. The largest absolute Gasteiger partial charge is 0.379 e. The molecule has 2 aliphatic rings. The summed E-state index contributed by atoms with van der Waals surface area (Å²) in [6.45, 7) is 11.7. The first-order chi connectivity index (χ1) is 12.5. The van der Waals surface area contributed by atoms with E-state index in [2.05, 4.69) is 24.8 Å². The average Bonchev–Trinajstić information content (AvgIpc) is 3.04. The lowest BCUT2D eigenvalue weighted by Crippen LogP contribution is -2.37. The molecule has 5 heteroatoms. The molecule has 1 saturated carbocycles. The van der Waals surface area contributed by atoms with Gasteiger partial charge in [-0.05, 0) is 50.0 Å². The summed E-state index contributed by atoms with van der Waals surface area (Å²) in [4.78, 5) is 14.8. The Hall–Kier alpha value is -1.04. The van der Waals surface area contributed by atoms with E-state index in [4.69, 9.17) is 14.7 Å². The molecule has 1 aliphatic carbocycles. The second-order valence-corrected chi connectivity index (χ2v) is 9.79. The maximum Gasteiger partial charge on any atom is 0.127 e.